The van der Waals surface area contributed by atoms with Gasteiger partial charge in [-0.3, -0.25) is 19.3 Å². The van der Waals surface area contributed by atoms with Crippen LogP contribution >= 0.6 is 0 Å². The number of carbonyl (C=O) groups excluding carboxylic acids is 3. The van der Waals surface area contributed by atoms with Gasteiger partial charge in [0.15, 0.2) is 0 Å². The van der Waals surface area contributed by atoms with Crippen LogP contribution in [0, 0.1) is 13.8 Å². The number of fused-ring (bicyclic) bond motifs is 1. The van der Waals surface area contributed by atoms with Gasteiger partial charge in [0.1, 0.15) is 6.04 Å². The Labute approximate surface area is 170 Å². The highest BCUT2D eigenvalue weighted by Crippen LogP contribution is 2.27. The van der Waals surface area contributed by atoms with Crippen molar-refractivity contribution in [1.29, 1.82) is 0 Å². The van der Waals surface area contributed by atoms with Crippen molar-refractivity contribution in [2.75, 3.05) is 31.1 Å². The molecule has 0 bridgehead atoms. The molecule has 6 nitrogen and oxygen atoms in total. The summed E-state index contributed by atoms with van der Waals surface area (Å²) in [6.07, 6.45) is 0. The minimum Gasteiger partial charge on any atom is -0.368 e. The molecular weight excluding hydrogens is 366 g/mol. The molecule has 0 radical (unpaired) electrons. The molecule has 0 spiro atoms. The van der Waals surface area contributed by atoms with Gasteiger partial charge in [-0.15, -0.1) is 0 Å². The van der Waals surface area contributed by atoms with Gasteiger partial charge in [-0.25, -0.2) is 0 Å². The number of amides is 3. The monoisotopic (exact) mass is 391 g/mol. The summed E-state index contributed by atoms with van der Waals surface area (Å²) in [4.78, 5) is 43.5. The van der Waals surface area contributed by atoms with E-state index in [4.69, 9.17) is 0 Å². The maximum absolute atomic E-state index is 13.1. The highest BCUT2D eigenvalue weighted by atomic mass is 16.2. The van der Waals surface area contributed by atoms with Gasteiger partial charge in [0, 0.05) is 31.9 Å². The molecule has 2 heterocycles. The first kappa shape index (κ1) is 19.2. The van der Waals surface area contributed by atoms with Crippen LogP contribution in [0.5, 0.6) is 0 Å². The standard InChI is InChI=1S/C23H25N3O3/c1-15-7-6-10-20(16(15)2)24-11-13-25(14-12-24)21(27)17(3)26-22(28)18-8-4-5-9-19(18)23(26)29/h4-10,17H,11-14H2,1-3H3. The second-order valence-corrected chi connectivity index (χ2v) is 7.73. The molecule has 1 fully saturated rings. The van der Waals surface area contributed by atoms with Crippen molar-refractivity contribution in [2.24, 2.45) is 0 Å². The van der Waals surface area contributed by atoms with Crippen molar-refractivity contribution >= 4 is 23.4 Å². The molecule has 4 rings (SSSR count). The Hall–Kier alpha value is -3.15. The maximum Gasteiger partial charge on any atom is 0.262 e. The van der Waals surface area contributed by atoms with E-state index in [0.29, 0.717) is 24.2 Å². The zero-order valence-electron chi connectivity index (χ0n) is 17.0. The van der Waals surface area contributed by atoms with Crippen LogP contribution in [0.3, 0.4) is 0 Å². The Morgan fingerprint density at radius 2 is 1.45 bits per heavy atom. The number of piperazine rings is 1. The van der Waals surface area contributed by atoms with Crippen LogP contribution in [0.15, 0.2) is 42.5 Å². The Morgan fingerprint density at radius 3 is 2.03 bits per heavy atom. The topological polar surface area (TPSA) is 60.9 Å². The Kier molecular flexibility index (Phi) is 4.86. The van der Waals surface area contributed by atoms with Gasteiger partial charge in [-0.2, -0.15) is 0 Å². The highest BCUT2D eigenvalue weighted by molar-refractivity contribution is 6.22. The smallest absolute Gasteiger partial charge is 0.262 e. The van der Waals surface area contributed by atoms with Gasteiger partial charge in [-0.05, 0) is 50.1 Å². The molecule has 0 N–H and O–H groups in total. The SMILES string of the molecule is Cc1cccc(N2CCN(C(=O)C(C)N3C(=O)c4ccccc4C3=O)CC2)c1C. The van der Waals surface area contributed by atoms with Crippen LogP contribution in [-0.2, 0) is 4.79 Å². The predicted molar refractivity (Wildman–Crippen MR) is 111 cm³/mol. The summed E-state index contributed by atoms with van der Waals surface area (Å²) < 4.78 is 0. The fourth-order valence-corrected chi connectivity index (χ4v) is 4.18. The van der Waals surface area contributed by atoms with Gasteiger partial charge in [0.05, 0.1) is 11.1 Å². The van der Waals surface area contributed by atoms with Crippen LogP contribution in [0.1, 0.15) is 38.8 Å². The lowest BCUT2D eigenvalue weighted by Gasteiger charge is -2.38. The number of hydrogen-bond donors (Lipinski definition) is 0. The zero-order valence-corrected chi connectivity index (χ0v) is 17.0. The summed E-state index contributed by atoms with van der Waals surface area (Å²) in [7, 11) is 0. The predicted octanol–water partition coefficient (Wildman–Crippen LogP) is 2.64. The third-order valence-electron chi connectivity index (χ3n) is 6.08. The summed E-state index contributed by atoms with van der Waals surface area (Å²) in [5.74, 6) is -0.957. The van der Waals surface area contributed by atoms with Crippen molar-refractivity contribution in [3.63, 3.8) is 0 Å². The molecule has 0 saturated carbocycles. The molecule has 1 unspecified atom stereocenters. The number of hydrogen-bond acceptors (Lipinski definition) is 4. The molecule has 2 aromatic rings. The number of aryl methyl sites for hydroxylation is 1. The number of nitrogens with zero attached hydrogens (tertiary/aromatic N) is 3. The summed E-state index contributed by atoms with van der Waals surface area (Å²) in [6, 6.07) is 12.2. The molecule has 29 heavy (non-hydrogen) atoms. The molecule has 2 aromatic carbocycles. The Bertz CT molecular complexity index is 958. The van der Waals surface area contributed by atoms with E-state index in [0.717, 1.165) is 18.0 Å². The first-order valence-electron chi connectivity index (χ1n) is 9.97. The van der Waals surface area contributed by atoms with Crippen molar-refractivity contribution in [3.8, 4) is 0 Å². The number of benzene rings is 2. The van der Waals surface area contributed by atoms with E-state index in [1.54, 1.807) is 36.1 Å². The van der Waals surface area contributed by atoms with Crippen LogP contribution in [0.4, 0.5) is 5.69 Å². The van der Waals surface area contributed by atoms with E-state index in [1.165, 1.54) is 16.8 Å². The number of rotatable bonds is 3. The average Bonchev–Trinajstić information content (AvgIpc) is 3.00. The summed E-state index contributed by atoms with van der Waals surface area (Å²) in [6.45, 7) is 8.45. The quantitative estimate of drug-likeness (QED) is 0.755. The molecule has 0 aliphatic carbocycles. The molecule has 150 valence electrons. The van der Waals surface area contributed by atoms with Crippen molar-refractivity contribution in [2.45, 2.75) is 26.8 Å². The molecular formula is C23H25N3O3. The average molecular weight is 391 g/mol. The van der Waals surface area contributed by atoms with Crippen LogP contribution in [0.25, 0.3) is 0 Å². The van der Waals surface area contributed by atoms with Gasteiger partial charge >= 0.3 is 0 Å². The van der Waals surface area contributed by atoms with E-state index in [9.17, 15) is 14.4 Å². The summed E-state index contributed by atoms with van der Waals surface area (Å²) >= 11 is 0. The number of anilines is 1. The molecule has 1 saturated heterocycles. The first-order chi connectivity index (χ1) is 13.9. The fourth-order valence-electron chi connectivity index (χ4n) is 4.18. The third-order valence-corrected chi connectivity index (χ3v) is 6.08. The number of carbonyl (C=O) groups is 3. The summed E-state index contributed by atoms with van der Waals surface area (Å²) in [5, 5.41) is 0. The van der Waals surface area contributed by atoms with E-state index >= 15 is 0 Å². The lowest BCUT2D eigenvalue weighted by molar-refractivity contribution is -0.135. The second-order valence-electron chi connectivity index (χ2n) is 7.73. The van der Waals surface area contributed by atoms with Gasteiger partial charge in [-0.1, -0.05) is 24.3 Å². The van der Waals surface area contributed by atoms with E-state index in [-0.39, 0.29) is 17.7 Å². The van der Waals surface area contributed by atoms with Crippen LogP contribution in [-0.4, -0.2) is 59.7 Å². The molecule has 2 aliphatic heterocycles. The minimum atomic E-state index is -0.811. The highest BCUT2D eigenvalue weighted by Gasteiger charge is 2.42. The van der Waals surface area contributed by atoms with E-state index in [1.807, 2.05) is 0 Å². The van der Waals surface area contributed by atoms with Crippen molar-refractivity contribution < 1.29 is 14.4 Å². The Morgan fingerprint density at radius 1 is 0.862 bits per heavy atom. The van der Waals surface area contributed by atoms with Crippen LogP contribution in [0.2, 0.25) is 0 Å². The van der Waals surface area contributed by atoms with Gasteiger partial charge < -0.3 is 9.80 Å². The minimum absolute atomic E-state index is 0.180. The maximum atomic E-state index is 13.1. The number of imide groups is 1. The largest absolute Gasteiger partial charge is 0.368 e. The fraction of sp³-hybridized carbons (Fsp3) is 0.348. The van der Waals surface area contributed by atoms with Crippen molar-refractivity contribution in [1.82, 2.24) is 9.80 Å². The summed E-state index contributed by atoms with van der Waals surface area (Å²) in [5.41, 5.74) is 4.45. The molecule has 6 heteroatoms. The van der Waals surface area contributed by atoms with Crippen LogP contribution < -0.4 is 4.90 Å². The first-order valence-corrected chi connectivity index (χ1v) is 9.97. The van der Waals surface area contributed by atoms with Gasteiger partial charge in [0.2, 0.25) is 5.91 Å². The third kappa shape index (κ3) is 3.18. The van der Waals surface area contributed by atoms with Gasteiger partial charge in [0.25, 0.3) is 11.8 Å². The normalized spacial score (nSPS) is 17.6. The lowest BCUT2D eigenvalue weighted by atomic mass is 10.1. The molecule has 1 atom stereocenters. The Balaban J connectivity index is 1.44. The molecule has 3 amide bonds. The van der Waals surface area contributed by atoms with E-state index < -0.39 is 6.04 Å². The second kappa shape index (κ2) is 7.35. The zero-order chi connectivity index (χ0) is 20.7. The molecule has 0 aromatic heterocycles. The molecule has 2 aliphatic rings. The van der Waals surface area contributed by atoms with Crippen molar-refractivity contribution in [3.05, 3.63) is 64.7 Å². The van der Waals surface area contributed by atoms with E-state index in [2.05, 4.69) is 36.9 Å². The lowest BCUT2D eigenvalue weighted by Crippen LogP contribution is -2.55.